The second kappa shape index (κ2) is 5.22. The van der Waals surface area contributed by atoms with Crippen molar-refractivity contribution in [2.45, 2.75) is 6.92 Å². The molecule has 18 heavy (non-hydrogen) atoms. The van der Waals surface area contributed by atoms with E-state index >= 15 is 0 Å². The molecular formula is C12H10N2O4. The summed E-state index contributed by atoms with van der Waals surface area (Å²) in [6.45, 7) is 1.83. The quantitative estimate of drug-likeness (QED) is 0.768. The van der Waals surface area contributed by atoms with Gasteiger partial charge in [0.1, 0.15) is 5.57 Å². The second-order valence-electron chi connectivity index (χ2n) is 3.34. The minimum absolute atomic E-state index is 0.135. The molecule has 0 radical (unpaired) electrons. The van der Waals surface area contributed by atoms with Gasteiger partial charge in [-0.25, -0.2) is 4.79 Å². The van der Waals surface area contributed by atoms with E-state index in [4.69, 9.17) is 4.74 Å². The molecule has 0 saturated carbocycles. The number of azo groups is 1. The third kappa shape index (κ3) is 2.42. The SMILES string of the molecule is CCOC(=O)OC1=C(c2ccccc2)C(=O)N=N1. The molecule has 0 unspecified atom stereocenters. The minimum atomic E-state index is -0.908. The van der Waals surface area contributed by atoms with Crippen LogP contribution in [0.4, 0.5) is 4.79 Å². The number of rotatable bonds is 3. The van der Waals surface area contributed by atoms with Crippen molar-refractivity contribution in [3.63, 3.8) is 0 Å². The average Bonchev–Trinajstić information content (AvgIpc) is 2.72. The van der Waals surface area contributed by atoms with E-state index in [1.54, 1.807) is 31.2 Å². The third-order valence-electron chi connectivity index (χ3n) is 2.16. The molecule has 1 aromatic rings. The summed E-state index contributed by atoms with van der Waals surface area (Å²) >= 11 is 0. The molecule has 0 spiro atoms. The van der Waals surface area contributed by atoms with Gasteiger partial charge in [-0.2, -0.15) is 0 Å². The highest BCUT2D eigenvalue weighted by molar-refractivity contribution is 6.21. The van der Waals surface area contributed by atoms with Gasteiger partial charge in [-0.1, -0.05) is 30.3 Å². The first-order valence-electron chi connectivity index (χ1n) is 5.32. The van der Waals surface area contributed by atoms with Crippen molar-refractivity contribution in [2.75, 3.05) is 6.61 Å². The predicted octanol–water partition coefficient (Wildman–Crippen LogP) is 2.52. The summed E-state index contributed by atoms with van der Waals surface area (Å²) in [4.78, 5) is 22.8. The summed E-state index contributed by atoms with van der Waals surface area (Å²) in [6.07, 6.45) is -0.908. The molecular weight excluding hydrogens is 236 g/mol. The van der Waals surface area contributed by atoms with Crippen LogP contribution in [0.25, 0.3) is 5.57 Å². The Balaban J connectivity index is 2.29. The lowest BCUT2D eigenvalue weighted by Gasteiger charge is -2.04. The topological polar surface area (TPSA) is 77.3 Å². The number of benzene rings is 1. The first-order valence-corrected chi connectivity index (χ1v) is 5.32. The van der Waals surface area contributed by atoms with Crippen molar-refractivity contribution in [1.82, 2.24) is 0 Å². The Morgan fingerprint density at radius 2 is 1.94 bits per heavy atom. The van der Waals surface area contributed by atoms with Gasteiger partial charge < -0.3 is 9.47 Å². The first-order chi connectivity index (χ1) is 8.72. The Labute approximate surface area is 103 Å². The van der Waals surface area contributed by atoms with Gasteiger partial charge in [-0.05, 0) is 12.5 Å². The summed E-state index contributed by atoms with van der Waals surface area (Å²) in [6, 6.07) is 8.74. The largest absolute Gasteiger partial charge is 0.515 e. The van der Waals surface area contributed by atoms with Crippen LogP contribution >= 0.6 is 0 Å². The fourth-order valence-corrected chi connectivity index (χ4v) is 1.43. The van der Waals surface area contributed by atoms with Gasteiger partial charge in [0, 0.05) is 0 Å². The summed E-state index contributed by atoms with van der Waals surface area (Å²) in [7, 11) is 0. The molecule has 92 valence electrons. The maximum absolute atomic E-state index is 11.6. The van der Waals surface area contributed by atoms with Gasteiger partial charge in [-0.15, -0.1) is 10.2 Å². The van der Waals surface area contributed by atoms with Gasteiger partial charge >= 0.3 is 12.1 Å². The van der Waals surface area contributed by atoms with E-state index in [1.165, 1.54) is 0 Å². The highest BCUT2D eigenvalue weighted by Crippen LogP contribution is 2.27. The van der Waals surface area contributed by atoms with Crippen LogP contribution in [0.15, 0.2) is 46.4 Å². The van der Waals surface area contributed by atoms with Crippen molar-refractivity contribution in [1.29, 1.82) is 0 Å². The Hall–Kier alpha value is -2.50. The van der Waals surface area contributed by atoms with E-state index in [0.717, 1.165) is 0 Å². The predicted molar refractivity (Wildman–Crippen MR) is 61.3 cm³/mol. The third-order valence-corrected chi connectivity index (χ3v) is 2.16. The second-order valence-corrected chi connectivity index (χ2v) is 3.34. The lowest BCUT2D eigenvalue weighted by molar-refractivity contribution is -0.112. The molecule has 0 aliphatic carbocycles. The van der Waals surface area contributed by atoms with Crippen LogP contribution in [0, 0.1) is 0 Å². The maximum atomic E-state index is 11.6. The molecule has 6 nitrogen and oxygen atoms in total. The zero-order chi connectivity index (χ0) is 13.0. The summed E-state index contributed by atoms with van der Waals surface area (Å²) < 4.78 is 9.44. The summed E-state index contributed by atoms with van der Waals surface area (Å²) in [5.74, 6) is -0.676. The van der Waals surface area contributed by atoms with E-state index in [-0.39, 0.29) is 18.1 Å². The van der Waals surface area contributed by atoms with Crippen LogP contribution in [0.3, 0.4) is 0 Å². The number of hydrogen-bond donors (Lipinski definition) is 0. The number of ether oxygens (including phenoxy) is 2. The molecule has 0 N–H and O–H groups in total. The highest BCUT2D eigenvalue weighted by atomic mass is 16.7. The van der Waals surface area contributed by atoms with Crippen LogP contribution in [0.5, 0.6) is 0 Å². The Morgan fingerprint density at radius 1 is 1.22 bits per heavy atom. The molecule has 1 aromatic carbocycles. The maximum Gasteiger partial charge on any atom is 0.515 e. The lowest BCUT2D eigenvalue weighted by atomic mass is 10.1. The molecule has 2 rings (SSSR count). The number of amides is 1. The van der Waals surface area contributed by atoms with Crippen molar-refractivity contribution in [2.24, 2.45) is 10.2 Å². The van der Waals surface area contributed by atoms with Crippen LogP contribution < -0.4 is 0 Å². The number of nitrogens with zero attached hydrogens (tertiary/aromatic N) is 2. The zero-order valence-electron chi connectivity index (χ0n) is 9.62. The first kappa shape index (κ1) is 12.0. The number of carbonyl (C=O) groups is 2. The van der Waals surface area contributed by atoms with Crippen LogP contribution in [-0.2, 0) is 14.3 Å². The van der Waals surface area contributed by atoms with E-state index < -0.39 is 12.1 Å². The smallest absolute Gasteiger partial charge is 0.434 e. The standard InChI is InChI=1S/C12H10N2O4/c1-2-17-12(16)18-11-9(10(15)13-14-11)8-6-4-3-5-7-8/h3-7H,2H2,1H3. The van der Waals surface area contributed by atoms with Crippen LogP contribution in [0.1, 0.15) is 12.5 Å². The van der Waals surface area contributed by atoms with Gasteiger partial charge in [-0.3, -0.25) is 4.79 Å². The van der Waals surface area contributed by atoms with Gasteiger partial charge in [0.2, 0.25) is 0 Å². The van der Waals surface area contributed by atoms with Gasteiger partial charge in [0.15, 0.2) is 0 Å². The summed E-state index contributed by atoms with van der Waals surface area (Å²) in [5, 5.41) is 6.90. The Bertz CT molecular complexity index is 534. The molecule has 0 atom stereocenters. The molecule has 0 fully saturated rings. The van der Waals surface area contributed by atoms with Gasteiger partial charge in [0.25, 0.3) is 5.88 Å². The zero-order valence-corrected chi connectivity index (χ0v) is 9.62. The fourth-order valence-electron chi connectivity index (χ4n) is 1.43. The minimum Gasteiger partial charge on any atom is -0.434 e. The molecule has 0 aromatic heterocycles. The molecule has 1 amide bonds. The van der Waals surface area contributed by atoms with Crippen molar-refractivity contribution in [3.05, 3.63) is 41.8 Å². The van der Waals surface area contributed by atoms with Crippen molar-refractivity contribution < 1.29 is 19.1 Å². The molecule has 6 heteroatoms. The number of carbonyl (C=O) groups excluding carboxylic acids is 2. The average molecular weight is 246 g/mol. The van der Waals surface area contributed by atoms with Crippen molar-refractivity contribution in [3.8, 4) is 0 Å². The Kier molecular flexibility index (Phi) is 3.47. The molecule has 1 aliphatic rings. The van der Waals surface area contributed by atoms with Gasteiger partial charge in [0.05, 0.1) is 6.61 Å². The van der Waals surface area contributed by atoms with Crippen LogP contribution in [0.2, 0.25) is 0 Å². The van der Waals surface area contributed by atoms with Crippen molar-refractivity contribution >= 4 is 17.6 Å². The Morgan fingerprint density at radius 3 is 2.61 bits per heavy atom. The normalized spacial score (nSPS) is 13.9. The lowest BCUT2D eigenvalue weighted by Crippen LogP contribution is -2.07. The molecule has 0 saturated heterocycles. The molecule has 1 aliphatic heterocycles. The fraction of sp³-hybridized carbons (Fsp3) is 0.167. The monoisotopic (exact) mass is 246 g/mol. The summed E-state index contributed by atoms with van der Waals surface area (Å²) in [5.41, 5.74) is 0.746. The van der Waals surface area contributed by atoms with E-state index in [9.17, 15) is 9.59 Å². The van der Waals surface area contributed by atoms with E-state index in [2.05, 4.69) is 15.0 Å². The highest BCUT2D eigenvalue weighted by Gasteiger charge is 2.26. The molecule has 0 bridgehead atoms. The molecule has 1 heterocycles. The number of hydrogen-bond acceptors (Lipinski definition) is 5. The van der Waals surface area contributed by atoms with E-state index in [0.29, 0.717) is 5.56 Å². The van der Waals surface area contributed by atoms with Crippen LogP contribution in [-0.4, -0.2) is 18.7 Å². The van der Waals surface area contributed by atoms with E-state index in [1.807, 2.05) is 6.07 Å².